The number of hydrogen-bond acceptors (Lipinski definition) is 3. The van der Waals surface area contributed by atoms with Gasteiger partial charge in [-0.3, -0.25) is 9.69 Å². The molecule has 0 aromatic heterocycles. The molecule has 18 heavy (non-hydrogen) atoms. The maximum atomic E-state index is 12.2. The van der Waals surface area contributed by atoms with Gasteiger partial charge in [0.15, 0.2) is 5.78 Å². The van der Waals surface area contributed by atoms with Crippen LogP contribution >= 0.6 is 0 Å². The van der Waals surface area contributed by atoms with Gasteiger partial charge in [0.05, 0.1) is 13.7 Å². The molecule has 0 heterocycles. The highest BCUT2D eigenvalue weighted by atomic mass is 16.5. The summed E-state index contributed by atoms with van der Waals surface area (Å²) in [6.45, 7) is 3.71. The third-order valence-electron chi connectivity index (χ3n) is 3.31. The van der Waals surface area contributed by atoms with Crippen molar-refractivity contribution >= 4 is 5.78 Å². The molecule has 1 aliphatic carbocycles. The Kier molecular flexibility index (Phi) is 4.37. The lowest BCUT2D eigenvalue weighted by Gasteiger charge is -2.20. The average Bonchev–Trinajstić information content (AvgIpc) is 3.22. The van der Waals surface area contributed by atoms with Crippen molar-refractivity contribution in [2.45, 2.75) is 32.2 Å². The largest absolute Gasteiger partial charge is 0.497 e. The van der Waals surface area contributed by atoms with Gasteiger partial charge in [-0.05, 0) is 37.9 Å². The van der Waals surface area contributed by atoms with Crippen molar-refractivity contribution in [1.29, 1.82) is 0 Å². The second-order valence-electron chi connectivity index (χ2n) is 4.86. The van der Waals surface area contributed by atoms with Gasteiger partial charge in [0.25, 0.3) is 0 Å². The number of methoxy groups -OCH3 is 1. The van der Waals surface area contributed by atoms with E-state index in [1.165, 1.54) is 12.8 Å². The molecule has 1 aromatic carbocycles. The lowest BCUT2D eigenvalue weighted by Crippen LogP contribution is -2.32. The molecular weight excluding hydrogens is 226 g/mol. The Balaban J connectivity index is 2.00. The third-order valence-corrected chi connectivity index (χ3v) is 3.31. The maximum absolute atomic E-state index is 12.2. The molecule has 1 saturated carbocycles. The molecular formula is C15H21NO2. The number of ether oxygens (including phenoxy) is 1. The number of Topliss-reactive ketones (excluding diaryl/α,β-unsaturated/α-hetero) is 1. The van der Waals surface area contributed by atoms with E-state index in [0.717, 1.165) is 24.3 Å². The summed E-state index contributed by atoms with van der Waals surface area (Å²) in [6, 6.07) is 8.05. The number of ketones is 1. The topological polar surface area (TPSA) is 29.5 Å². The maximum Gasteiger partial charge on any atom is 0.176 e. The molecule has 0 unspecified atom stereocenters. The highest BCUT2D eigenvalue weighted by Crippen LogP contribution is 2.27. The van der Waals surface area contributed by atoms with Gasteiger partial charge in [-0.25, -0.2) is 0 Å². The van der Waals surface area contributed by atoms with Crippen molar-refractivity contribution in [3.8, 4) is 5.75 Å². The Morgan fingerprint density at radius 1 is 1.44 bits per heavy atom. The van der Waals surface area contributed by atoms with E-state index < -0.39 is 0 Å². The molecule has 0 aliphatic heterocycles. The van der Waals surface area contributed by atoms with Crippen molar-refractivity contribution < 1.29 is 9.53 Å². The fourth-order valence-electron chi connectivity index (χ4n) is 2.19. The van der Waals surface area contributed by atoms with Gasteiger partial charge in [-0.15, -0.1) is 0 Å². The number of rotatable bonds is 7. The molecule has 0 bridgehead atoms. The lowest BCUT2D eigenvalue weighted by molar-refractivity contribution is 0.0924. The van der Waals surface area contributed by atoms with Gasteiger partial charge in [-0.2, -0.15) is 0 Å². The summed E-state index contributed by atoms with van der Waals surface area (Å²) in [5.74, 6) is 0.934. The number of nitrogens with zero attached hydrogens (tertiary/aromatic N) is 1. The predicted octanol–water partition coefficient (Wildman–Crippen LogP) is 2.75. The summed E-state index contributed by atoms with van der Waals surface area (Å²) in [7, 11) is 1.62. The number of carbonyl (C=O) groups excluding carboxylic acids is 1. The molecule has 1 aromatic rings. The summed E-state index contributed by atoms with van der Waals surface area (Å²) in [6.07, 6.45) is 3.58. The van der Waals surface area contributed by atoms with Gasteiger partial charge in [0.1, 0.15) is 5.75 Å². The fourth-order valence-corrected chi connectivity index (χ4v) is 2.19. The van der Waals surface area contributed by atoms with Gasteiger partial charge in [0, 0.05) is 11.6 Å². The van der Waals surface area contributed by atoms with Crippen LogP contribution in [0.3, 0.4) is 0 Å². The Hall–Kier alpha value is -1.35. The molecule has 0 spiro atoms. The monoisotopic (exact) mass is 247 g/mol. The van der Waals surface area contributed by atoms with E-state index in [1.54, 1.807) is 7.11 Å². The quantitative estimate of drug-likeness (QED) is 0.694. The van der Waals surface area contributed by atoms with E-state index in [4.69, 9.17) is 4.74 Å². The average molecular weight is 247 g/mol. The van der Waals surface area contributed by atoms with E-state index in [1.807, 2.05) is 24.3 Å². The molecule has 0 radical (unpaired) electrons. The van der Waals surface area contributed by atoms with Crippen molar-refractivity contribution in [2.75, 3.05) is 20.2 Å². The Morgan fingerprint density at radius 2 is 2.22 bits per heavy atom. The Morgan fingerprint density at radius 3 is 2.83 bits per heavy atom. The molecule has 1 aliphatic rings. The first-order valence-corrected chi connectivity index (χ1v) is 6.66. The van der Waals surface area contributed by atoms with Gasteiger partial charge >= 0.3 is 0 Å². The van der Waals surface area contributed by atoms with Crippen LogP contribution in [0.5, 0.6) is 5.75 Å². The summed E-state index contributed by atoms with van der Waals surface area (Å²) in [4.78, 5) is 14.5. The third kappa shape index (κ3) is 3.33. The minimum atomic E-state index is 0.189. The minimum Gasteiger partial charge on any atom is -0.497 e. The molecule has 2 rings (SSSR count). The fraction of sp³-hybridized carbons (Fsp3) is 0.533. The lowest BCUT2D eigenvalue weighted by atomic mass is 10.1. The molecule has 1 fully saturated rings. The van der Waals surface area contributed by atoms with Crippen LogP contribution in [-0.4, -0.2) is 36.9 Å². The first-order valence-electron chi connectivity index (χ1n) is 6.66. The van der Waals surface area contributed by atoms with Crippen LogP contribution in [0.15, 0.2) is 24.3 Å². The second-order valence-corrected chi connectivity index (χ2v) is 4.86. The minimum absolute atomic E-state index is 0.189. The van der Waals surface area contributed by atoms with Crippen LogP contribution in [0.2, 0.25) is 0 Å². The van der Waals surface area contributed by atoms with Crippen LogP contribution in [0.4, 0.5) is 0 Å². The van der Waals surface area contributed by atoms with Crippen LogP contribution in [-0.2, 0) is 0 Å². The van der Waals surface area contributed by atoms with Crippen LogP contribution in [0.1, 0.15) is 36.5 Å². The summed E-state index contributed by atoms with van der Waals surface area (Å²) in [5, 5.41) is 0. The van der Waals surface area contributed by atoms with Gasteiger partial charge in [-0.1, -0.05) is 19.1 Å². The molecule has 3 nitrogen and oxygen atoms in total. The van der Waals surface area contributed by atoms with E-state index >= 15 is 0 Å². The molecule has 0 amide bonds. The summed E-state index contributed by atoms with van der Waals surface area (Å²) in [5.41, 5.74) is 0.746. The van der Waals surface area contributed by atoms with Crippen molar-refractivity contribution in [3.05, 3.63) is 29.8 Å². The second kappa shape index (κ2) is 6.01. The summed E-state index contributed by atoms with van der Waals surface area (Å²) >= 11 is 0. The highest BCUT2D eigenvalue weighted by Gasteiger charge is 2.29. The SMILES string of the molecule is CCCN(CC(=O)c1cccc(OC)c1)C1CC1. The molecule has 3 heteroatoms. The van der Waals surface area contributed by atoms with Gasteiger partial charge < -0.3 is 4.74 Å². The molecule has 0 atom stereocenters. The zero-order valence-electron chi connectivity index (χ0n) is 11.2. The standard InChI is InChI=1S/C15H21NO2/c1-3-9-16(13-7-8-13)11-15(17)12-5-4-6-14(10-12)18-2/h4-6,10,13H,3,7-9,11H2,1-2H3. The van der Waals surface area contributed by atoms with Gasteiger partial charge in [0.2, 0.25) is 0 Å². The molecule has 0 saturated heterocycles. The van der Waals surface area contributed by atoms with Crippen molar-refractivity contribution in [1.82, 2.24) is 4.90 Å². The van der Waals surface area contributed by atoms with E-state index in [9.17, 15) is 4.79 Å². The Labute approximate surface area is 109 Å². The summed E-state index contributed by atoms with van der Waals surface area (Å²) < 4.78 is 5.15. The van der Waals surface area contributed by atoms with Crippen molar-refractivity contribution in [3.63, 3.8) is 0 Å². The first-order chi connectivity index (χ1) is 8.74. The number of benzene rings is 1. The highest BCUT2D eigenvalue weighted by molar-refractivity contribution is 5.98. The first kappa shape index (κ1) is 13.1. The molecule has 98 valence electrons. The zero-order chi connectivity index (χ0) is 13.0. The molecule has 0 N–H and O–H groups in total. The van der Waals surface area contributed by atoms with Crippen LogP contribution < -0.4 is 4.74 Å². The van der Waals surface area contributed by atoms with Crippen LogP contribution in [0.25, 0.3) is 0 Å². The normalized spacial score (nSPS) is 14.8. The number of carbonyl (C=O) groups is 1. The smallest absolute Gasteiger partial charge is 0.176 e. The van der Waals surface area contributed by atoms with Crippen LogP contribution in [0, 0.1) is 0 Å². The zero-order valence-corrected chi connectivity index (χ0v) is 11.2. The Bertz CT molecular complexity index is 413. The van der Waals surface area contributed by atoms with E-state index in [0.29, 0.717) is 12.6 Å². The van der Waals surface area contributed by atoms with Crippen molar-refractivity contribution in [2.24, 2.45) is 0 Å². The van der Waals surface area contributed by atoms with E-state index in [2.05, 4.69) is 11.8 Å². The van der Waals surface area contributed by atoms with E-state index in [-0.39, 0.29) is 5.78 Å². The number of hydrogen-bond donors (Lipinski definition) is 0. The predicted molar refractivity (Wildman–Crippen MR) is 72.2 cm³/mol.